The molecule has 114 valence electrons. The standard InChI is InChI=1S/C11H14N4O5S/c12-6(3-15-2-1-8(16)14-11(15)19)9(17)20-10(18)7-4-21-5-13-7/h1-2,6-7,13H,3-5,12H2,(H,14,16,19). The molecule has 9 nitrogen and oxygen atoms in total. The predicted octanol–water partition coefficient (Wildman–Crippen LogP) is -2.40. The fraction of sp³-hybridized carbons (Fsp3) is 0.455. The van der Waals surface area contributed by atoms with Crippen LogP contribution in [0.4, 0.5) is 0 Å². The second-order valence-corrected chi connectivity index (χ2v) is 5.41. The van der Waals surface area contributed by atoms with E-state index in [1.54, 1.807) is 0 Å². The highest BCUT2D eigenvalue weighted by Gasteiger charge is 2.28. The van der Waals surface area contributed by atoms with E-state index in [-0.39, 0.29) is 6.54 Å². The van der Waals surface area contributed by atoms with Gasteiger partial charge >= 0.3 is 17.6 Å². The van der Waals surface area contributed by atoms with Crippen molar-refractivity contribution in [3.05, 3.63) is 33.1 Å². The number of carbonyl (C=O) groups is 2. The van der Waals surface area contributed by atoms with Gasteiger partial charge in [-0.1, -0.05) is 0 Å². The van der Waals surface area contributed by atoms with E-state index in [2.05, 4.69) is 10.1 Å². The molecule has 0 spiro atoms. The minimum Gasteiger partial charge on any atom is -0.391 e. The van der Waals surface area contributed by atoms with Crippen LogP contribution in [0.5, 0.6) is 0 Å². The number of hydrogen-bond donors (Lipinski definition) is 3. The zero-order valence-electron chi connectivity index (χ0n) is 10.9. The number of nitrogens with zero attached hydrogens (tertiary/aromatic N) is 1. The molecule has 2 rings (SSSR count). The quantitative estimate of drug-likeness (QED) is 0.413. The summed E-state index contributed by atoms with van der Waals surface area (Å²) in [5.74, 6) is -0.459. The van der Waals surface area contributed by atoms with Crippen LogP contribution in [0, 0.1) is 0 Å². The number of carbonyl (C=O) groups excluding carboxylic acids is 2. The number of H-pyrrole nitrogens is 1. The largest absolute Gasteiger partial charge is 0.391 e. The Labute approximate surface area is 122 Å². The second kappa shape index (κ2) is 6.70. The summed E-state index contributed by atoms with van der Waals surface area (Å²) in [4.78, 5) is 47.7. The van der Waals surface area contributed by atoms with Crippen LogP contribution in [-0.2, 0) is 20.9 Å². The van der Waals surface area contributed by atoms with E-state index in [1.807, 2.05) is 4.98 Å². The van der Waals surface area contributed by atoms with E-state index in [4.69, 9.17) is 5.73 Å². The first-order chi connectivity index (χ1) is 9.97. The lowest BCUT2D eigenvalue weighted by Gasteiger charge is -2.13. The Morgan fingerprint density at radius 2 is 2.29 bits per heavy atom. The fourth-order valence-electron chi connectivity index (χ4n) is 1.67. The average molecular weight is 314 g/mol. The molecule has 1 fully saturated rings. The van der Waals surface area contributed by atoms with E-state index in [9.17, 15) is 19.2 Å². The van der Waals surface area contributed by atoms with Gasteiger partial charge in [0.05, 0.1) is 6.54 Å². The van der Waals surface area contributed by atoms with Gasteiger partial charge in [0.2, 0.25) is 0 Å². The third-order valence-electron chi connectivity index (χ3n) is 2.80. The van der Waals surface area contributed by atoms with E-state index in [0.717, 1.165) is 10.6 Å². The van der Waals surface area contributed by atoms with E-state index in [0.29, 0.717) is 11.6 Å². The zero-order chi connectivity index (χ0) is 15.4. The Balaban J connectivity index is 1.94. The number of nitrogens with two attached hydrogens (primary N) is 1. The summed E-state index contributed by atoms with van der Waals surface area (Å²) in [6, 6.07) is -0.585. The number of aromatic amines is 1. The molecule has 1 aliphatic rings. The van der Waals surface area contributed by atoms with Crippen molar-refractivity contribution in [3.63, 3.8) is 0 Å². The molecule has 1 aromatic heterocycles. The summed E-state index contributed by atoms with van der Waals surface area (Å²) in [5.41, 5.74) is 4.36. The van der Waals surface area contributed by atoms with Crippen molar-refractivity contribution in [2.24, 2.45) is 5.73 Å². The SMILES string of the molecule is NC(Cn1ccc(=O)[nH]c1=O)C(=O)OC(=O)C1CSCN1. The van der Waals surface area contributed by atoms with Crippen LogP contribution in [0.3, 0.4) is 0 Å². The highest BCUT2D eigenvalue weighted by Crippen LogP contribution is 2.10. The molecular weight excluding hydrogens is 300 g/mol. The lowest BCUT2D eigenvalue weighted by molar-refractivity contribution is -0.161. The molecule has 0 bridgehead atoms. The molecule has 0 aromatic carbocycles. The summed E-state index contributed by atoms with van der Waals surface area (Å²) >= 11 is 1.52. The monoisotopic (exact) mass is 314 g/mol. The van der Waals surface area contributed by atoms with E-state index in [1.165, 1.54) is 18.0 Å². The van der Waals surface area contributed by atoms with Crippen molar-refractivity contribution < 1.29 is 14.3 Å². The van der Waals surface area contributed by atoms with Crippen molar-refractivity contribution in [2.45, 2.75) is 18.6 Å². The molecule has 2 unspecified atom stereocenters. The predicted molar refractivity (Wildman–Crippen MR) is 74.6 cm³/mol. The maximum atomic E-state index is 11.7. The molecule has 1 aromatic rings. The summed E-state index contributed by atoms with van der Waals surface area (Å²) in [5, 5.41) is 2.87. The number of hydrogen-bond acceptors (Lipinski definition) is 8. The lowest BCUT2D eigenvalue weighted by atomic mass is 10.3. The Kier molecular flexibility index (Phi) is 4.94. The summed E-state index contributed by atoms with van der Waals surface area (Å²) in [6.45, 7) is -0.200. The first-order valence-corrected chi connectivity index (χ1v) is 7.25. The van der Waals surface area contributed by atoms with Crippen LogP contribution in [-0.4, -0.2) is 45.2 Å². The second-order valence-electron chi connectivity index (χ2n) is 4.38. The van der Waals surface area contributed by atoms with Crippen molar-refractivity contribution in [1.82, 2.24) is 14.9 Å². The van der Waals surface area contributed by atoms with Crippen LogP contribution in [0.15, 0.2) is 21.9 Å². The van der Waals surface area contributed by atoms with Crippen LogP contribution in [0.25, 0.3) is 0 Å². The Morgan fingerprint density at radius 1 is 1.52 bits per heavy atom. The number of nitrogens with one attached hydrogen (secondary N) is 2. The highest BCUT2D eigenvalue weighted by molar-refractivity contribution is 7.99. The number of thioether (sulfide) groups is 1. The zero-order valence-corrected chi connectivity index (χ0v) is 11.7. The molecule has 0 radical (unpaired) electrons. The molecule has 0 amide bonds. The van der Waals surface area contributed by atoms with Gasteiger partial charge in [-0.15, -0.1) is 11.8 Å². The van der Waals surface area contributed by atoms with Crippen LogP contribution >= 0.6 is 11.8 Å². The van der Waals surface area contributed by atoms with Gasteiger partial charge in [0, 0.05) is 23.9 Å². The van der Waals surface area contributed by atoms with E-state index < -0.39 is 35.3 Å². The van der Waals surface area contributed by atoms with Crippen molar-refractivity contribution in [2.75, 3.05) is 11.6 Å². The Morgan fingerprint density at radius 3 is 2.90 bits per heavy atom. The summed E-state index contributed by atoms with van der Waals surface area (Å²) < 4.78 is 5.72. The van der Waals surface area contributed by atoms with Crippen molar-refractivity contribution >= 4 is 23.7 Å². The van der Waals surface area contributed by atoms with Gasteiger partial charge in [-0.3, -0.25) is 19.7 Å². The van der Waals surface area contributed by atoms with Gasteiger partial charge in [0.25, 0.3) is 5.56 Å². The van der Waals surface area contributed by atoms with E-state index >= 15 is 0 Å². The molecule has 4 N–H and O–H groups in total. The van der Waals surface area contributed by atoms with Crippen LogP contribution in [0.2, 0.25) is 0 Å². The first-order valence-electron chi connectivity index (χ1n) is 6.09. The maximum absolute atomic E-state index is 11.7. The molecule has 0 saturated carbocycles. The van der Waals surface area contributed by atoms with Gasteiger partial charge in [-0.05, 0) is 0 Å². The van der Waals surface area contributed by atoms with Gasteiger partial charge in [-0.25, -0.2) is 14.4 Å². The molecule has 1 saturated heterocycles. The molecule has 2 heterocycles. The van der Waals surface area contributed by atoms with Gasteiger partial charge < -0.3 is 10.5 Å². The van der Waals surface area contributed by atoms with Gasteiger partial charge in [0.15, 0.2) is 0 Å². The van der Waals surface area contributed by atoms with Crippen molar-refractivity contribution in [1.29, 1.82) is 0 Å². The molecular formula is C11H14N4O5S. The number of rotatable bonds is 4. The molecule has 0 aliphatic carbocycles. The third-order valence-corrected chi connectivity index (χ3v) is 3.73. The third kappa shape index (κ3) is 4.03. The lowest BCUT2D eigenvalue weighted by Crippen LogP contribution is -2.44. The molecule has 1 aliphatic heterocycles. The molecule has 2 atom stereocenters. The maximum Gasteiger partial charge on any atom is 0.332 e. The Hall–Kier alpha value is -1.91. The molecule has 10 heteroatoms. The minimum absolute atomic E-state index is 0.200. The number of aromatic nitrogens is 2. The summed E-state index contributed by atoms with van der Waals surface area (Å²) in [7, 11) is 0. The van der Waals surface area contributed by atoms with Crippen LogP contribution < -0.4 is 22.3 Å². The number of esters is 2. The molecule has 21 heavy (non-hydrogen) atoms. The minimum atomic E-state index is -1.19. The summed E-state index contributed by atoms with van der Waals surface area (Å²) in [6.07, 6.45) is 1.21. The van der Waals surface area contributed by atoms with Crippen molar-refractivity contribution in [3.8, 4) is 0 Å². The highest BCUT2D eigenvalue weighted by atomic mass is 32.2. The van der Waals surface area contributed by atoms with Gasteiger partial charge in [-0.2, -0.15) is 0 Å². The Bertz CT molecular complexity index is 649. The number of ether oxygens (including phenoxy) is 1. The first kappa shape index (κ1) is 15.5. The fourth-order valence-corrected chi connectivity index (χ4v) is 2.59. The van der Waals surface area contributed by atoms with Gasteiger partial charge in [0.1, 0.15) is 12.1 Å². The average Bonchev–Trinajstić information content (AvgIpc) is 2.95. The normalized spacial score (nSPS) is 19.2. The van der Waals surface area contributed by atoms with Crippen LogP contribution in [0.1, 0.15) is 0 Å². The topological polar surface area (TPSA) is 136 Å². The smallest absolute Gasteiger partial charge is 0.332 e.